The van der Waals surface area contributed by atoms with Crippen LogP contribution in [0.15, 0.2) is 29.2 Å². The van der Waals surface area contributed by atoms with Crippen LogP contribution in [0.1, 0.15) is 26.3 Å². The summed E-state index contributed by atoms with van der Waals surface area (Å²) in [5, 5.41) is 0. The van der Waals surface area contributed by atoms with Crippen molar-refractivity contribution in [3.8, 4) is 0 Å². The van der Waals surface area contributed by atoms with Crippen LogP contribution in [0.2, 0.25) is 0 Å². The Bertz CT molecular complexity index is 564. The Morgan fingerprint density at radius 2 is 1.75 bits per heavy atom. The van der Waals surface area contributed by atoms with Crippen LogP contribution in [-0.4, -0.2) is 52.5 Å². The SMILES string of the molecule is C=S(=O)(c1cccc(C(C)(C)C)c1)N1CCN(C)CC1. The maximum absolute atomic E-state index is 13.1. The van der Waals surface area contributed by atoms with Crippen molar-refractivity contribution in [1.29, 1.82) is 0 Å². The Labute approximate surface area is 123 Å². The highest BCUT2D eigenvalue weighted by Gasteiger charge is 2.24. The van der Waals surface area contributed by atoms with Gasteiger partial charge in [0.15, 0.2) is 0 Å². The smallest absolute Gasteiger partial charge is 0.0559 e. The van der Waals surface area contributed by atoms with E-state index in [0.29, 0.717) is 0 Å². The highest BCUT2D eigenvalue weighted by molar-refractivity contribution is 7.98. The zero-order chi connectivity index (χ0) is 15.0. The van der Waals surface area contributed by atoms with Crippen LogP contribution in [-0.2, 0) is 15.1 Å². The molecule has 1 fully saturated rings. The normalized spacial score (nSPS) is 21.6. The molecule has 20 heavy (non-hydrogen) atoms. The molecule has 2 rings (SSSR count). The van der Waals surface area contributed by atoms with E-state index in [0.717, 1.165) is 31.1 Å². The standard InChI is InChI=1S/C16H26N2OS/c1-16(2,3)14-7-6-8-15(13-14)20(5,19)18-11-9-17(4)10-12-18/h6-8,13H,5,9-12H2,1-4H3. The number of piperazine rings is 1. The van der Waals surface area contributed by atoms with Crippen LogP contribution in [0.3, 0.4) is 0 Å². The van der Waals surface area contributed by atoms with Gasteiger partial charge in [-0.15, -0.1) is 0 Å². The molecular weight excluding hydrogens is 268 g/mol. The summed E-state index contributed by atoms with van der Waals surface area (Å²) in [6, 6.07) is 8.11. The lowest BCUT2D eigenvalue weighted by molar-refractivity contribution is 0.228. The van der Waals surface area contributed by atoms with Crippen molar-refractivity contribution >= 4 is 15.6 Å². The first-order chi connectivity index (χ1) is 9.21. The van der Waals surface area contributed by atoms with Crippen LogP contribution in [0.5, 0.6) is 0 Å². The highest BCUT2D eigenvalue weighted by atomic mass is 32.2. The summed E-state index contributed by atoms with van der Waals surface area (Å²) in [4.78, 5) is 3.12. The first kappa shape index (κ1) is 15.5. The highest BCUT2D eigenvalue weighted by Crippen LogP contribution is 2.26. The van der Waals surface area contributed by atoms with Crippen molar-refractivity contribution in [3.63, 3.8) is 0 Å². The van der Waals surface area contributed by atoms with Gasteiger partial charge in [0.2, 0.25) is 0 Å². The van der Waals surface area contributed by atoms with Gasteiger partial charge in [0.05, 0.1) is 9.71 Å². The van der Waals surface area contributed by atoms with E-state index in [2.05, 4.69) is 50.7 Å². The average molecular weight is 294 g/mol. The van der Waals surface area contributed by atoms with Gasteiger partial charge >= 0.3 is 0 Å². The molecule has 1 aliphatic rings. The predicted octanol–water partition coefficient (Wildman–Crippen LogP) is 2.22. The summed E-state index contributed by atoms with van der Waals surface area (Å²) in [6.45, 7) is 10.1. The summed E-state index contributed by atoms with van der Waals surface area (Å²) in [5.74, 6) is 4.05. The van der Waals surface area contributed by atoms with Crippen molar-refractivity contribution in [3.05, 3.63) is 29.8 Å². The quantitative estimate of drug-likeness (QED) is 0.781. The Hall–Kier alpha value is -0.840. The molecule has 0 spiro atoms. The molecular formula is C16H26N2OS. The van der Waals surface area contributed by atoms with Gasteiger partial charge in [0.1, 0.15) is 0 Å². The molecule has 1 heterocycles. The fourth-order valence-corrected chi connectivity index (χ4v) is 4.05. The molecule has 1 aromatic carbocycles. The van der Waals surface area contributed by atoms with E-state index in [9.17, 15) is 4.21 Å². The molecule has 1 saturated heterocycles. The second kappa shape index (κ2) is 5.51. The molecule has 0 amide bonds. The van der Waals surface area contributed by atoms with Crippen molar-refractivity contribution in [1.82, 2.24) is 9.21 Å². The van der Waals surface area contributed by atoms with Gasteiger partial charge in [-0.05, 0) is 36.0 Å². The van der Waals surface area contributed by atoms with Crippen LogP contribution in [0, 0.1) is 0 Å². The van der Waals surface area contributed by atoms with E-state index in [1.165, 1.54) is 5.56 Å². The summed E-state index contributed by atoms with van der Waals surface area (Å²) in [5.41, 5.74) is 1.27. The van der Waals surface area contributed by atoms with E-state index in [4.69, 9.17) is 0 Å². The third-order valence-corrected chi connectivity index (χ3v) is 6.14. The zero-order valence-corrected chi connectivity index (χ0v) is 13.9. The van der Waals surface area contributed by atoms with Gasteiger partial charge in [-0.25, -0.2) is 8.51 Å². The maximum atomic E-state index is 13.1. The third kappa shape index (κ3) is 3.25. The zero-order valence-electron chi connectivity index (χ0n) is 13.1. The average Bonchev–Trinajstić information content (AvgIpc) is 2.38. The Morgan fingerprint density at radius 3 is 2.30 bits per heavy atom. The summed E-state index contributed by atoms with van der Waals surface area (Å²) < 4.78 is 15.2. The molecule has 0 saturated carbocycles. The van der Waals surface area contributed by atoms with E-state index < -0.39 is 9.71 Å². The van der Waals surface area contributed by atoms with E-state index in [-0.39, 0.29) is 5.41 Å². The van der Waals surface area contributed by atoms with Gasteiger partial charge in [0, 0.05) is 31.1 Å². The monoisotopic (exact) mass is 294 g/mol. The van der Waals surface area contributed by atoms with Gasteiger partial charge < -0.3 is 4.90 Å². The first-order valence-electron chi connectivity index (χ1n) is 7.13. The van der Waals surface area contributed by atoms with Crippen molar-refractivity contribution in [2.45, 2.75) is 31.1 Å². The van der Waals surface area contributed by atoms with Gasteiger partial charge in [-0.1, -0.05) is 32.9 Å². The Kier molecular flexibility index (Phi) is 4.28. The predicted molar refractivity (Wildman–Crippen MR) is 87.7 cm³/mol. The molecule has 0 N–H and O–H groups in total. The molecule has 0 bridgehead atoms. The molecule has 0 aliphatic carbocycles. The lowest BCUT2D eigenvalue weighted by Crippen LogP contribution is -2.46. The third-order valence-electron chi connectivity index (χ3n) is 3.95. The van der Waals surface area contributed by atoms with Gasteiger partial charge in [-0.3, -0.25) is 0 Å². The fourth-order valence-electron chi connectivity index (χ4n) is 2.39. The molecule has 0 aromatic heterocycles. The van der Waals surface area contributed by atoms with Crippen LogP contribution < -0.4 is 0 Å². The lowest BCUT2D eigenvalue weighted by atomic mass is 9.87. The minimum atomic E-state index is -2.36. The number of nitrogens with zero attached hydrogens (tertiary/aromatic N) is 2. The molecule has 0 radical (unpaired) electrons. The lowest BCUT2D eigenvalue weighted by Gasteiger charge is -2.34. The molecule has 4 heteroatoms. The molecule has 3 nitrogen and oxygen atoms in total. The summed E-state index contributed by atoms with van der Waals surface area (Å²) in [6.07, 6.45) is 0. The van der Waals surface area contributed by atoms with Crippen molar-refractivity contribution < 1.29 is 4.21 Å². The molecule has 112 valence electrons. The van der Waals surface area contributed by atoms with Crippen LogP contribution >= 0.6 is 0 Å². The fraction of sp³-hybridized carbons (Fsp3) is 0.562. The second-order valence-electron chi connectivity index (χ2n) is 6.65. The van der Waals surface area contributed by atoms with Gasteiger partial charge in [-0.2, -0.15) is 0 Å². The number of benzene rings is 1. The van der Waals surface area contributed by atoms with E-state index in [1.807, 2.05) is 16.4 Å². The Balaban J connectivity index is 2.30. The number of rotatable bonds is 2. The second-order valence-corrected chi connectivity index (χ2v) is 8.92. The number of hydrogen-bond acceptors (Lipinski definition) is 2. The Morgan fingerprint density at radius 1 is 1.15 bits per heavy atom. The number of hydrogen-bond donors (Lipinski definition) is 0. The minimum absolute atomic E-state index is 0.0631. The van der Waals surface area contributed by atoms with E-state index >= 15 is 0 Å². The topological polar surface area (TPSA) is 23.6 Å². The molecule has 1 unspecified atom stereocenters. The summed E-state index contributed by atoms with van der Waals surface area (Å²) in [7, 11) is -0.262. The maximum Gasteiger partial charge on any atom is 0.0559 e. The first-order valence-corrected chi connectivity index (χ1v) is 8.81. The molecule has 1 atom stereocenters. The van der Waals surface area contributed by atoms with Crippen LogP contribution in [0.4, 0.5) is 0 Å². The summed E-state index contributed by atoms with van der Waals surface area (Å²) >= 11 is 0. The van der Waals surface area contributed by atoms with Crippen molar-refractivity contribution in [2.75, 3.05) is 33.2 Å². The van der Waals surface area contributed by atoms with Gasteiger partial charge in [0.25, 0.3) is 0 Å². The van der Waals surface area contributed by atoms with Crippen LogP contribution in [0.25, 0.3) is 0 Å². The number of likely N-dealkylation sites (N-methyl/N-ethyl adjacent to an activating group) is 1. The molecule has 1 aliphatic heterocycles. The molecule has 1 aromatic rings. The van der Waals surface area contributed by atoms with E-state index in [1.54, 1.807) is 0 Å². The van der Waals surface area contributed by atoms with Crippen molar-refractivity contribution in [2.24, 2.45) is 0 Å². The minimum Gasteiger partial charge on any atom is -0.304 e. The largest absolute Gasteiger partial charge is 0.304 e.